The van der Waals surface area contributed by atoms with Gasteiger partial charge in [0.15, 0.2) is 0 Å². The molecule has 27 heavy (non-hydrogen) atoms. The third-order valence-corrected chi connectivity index (χ3v) is 5.59. The van der Waals surface area contributed by atoms with Gasteiger partial charge in [0, 0.05) is 26.5 Å². The minimum atomic E-state index is -4.04. The summed E-state index contributed by atoms with van der Waals surface area (Å²) in [5.41, 5.74) is 1.71. The Morgan fingerprint density at radius 2 is 1.67 bits per heavy atom. The fraction of sp³-hybridized carbons (Fsp3) is 0.111. The van der Waals surface area contributed by atoms with Gasteiger partial charge in [-0.25, -0.2) is 9.48 Å². The number of imidazole rings is 1. The van der Waals surface area contributed by atoms with Gasteiger partial charge in [0.05, 0.1) is 16.7 Å². The van der Waals surface area contributed by atoms with E-state index in [0.717, 1.165) is 5.69 Å². The summed E-state index contributed by atoms with van der Waals surface area (Å²) in [4.78, 5) is 12.0. The van der Waals surface area contributed by atoms with Crippen LogP contribution in [0, 0.1) is 0 Å². The first kappa shape index (κ1) is 17.1. The van der Waals surface area contributed by atoms with E-state index >= 15 is 0 Å². The third-order valence-electron chi connectivity index (χ3n) is 4.34. The Bertz CT molecular complexity index is 1280. The molecule has 0 saturated heterocycles. The standard InChI is InChI=1S/C18H16N4O4S/c1-20-16-9-8-15(12-17(16)21(2)18(20)23)27(24,25)26-14-6-4-13(5-7-14)22-11-3-10-19-22/h3-12H,1-2H3. The molecule has 0 radical (unpaired) electrons. The Kier molecular flexibility index (Phi) is 3.88. The normalized spacial score (nSPS) is 11.8. The predicted molar refractivity (Wildman–Crippen MR) is 99.5 cm³/mol. The largest absolute Gasteiger partial charge is 0.379 e. The van der Waals surface area contributed by atoms with Gasteiger partial charge in [0.2, 0.25) is 0 Å². The van der Waals surface area contributed by atoms with E-state index in [1.54, 1.807) is 67.6 Å². The zero-order valence-corrected chi connectivity index (χ0v) is 15.4. The van der Waals surface area contributed by atoms with Crippen LogP contribution in [-0.2, 0) is 24.2 Å². The molecule has 0 aliphatic heterocycles. The van der Waals surface area contributed by atoms with Crippen LogP contribution in [0.4, 0.5) is 0 Å². The van der Waals surface area contributed by atoms with Crippen molar-refractivity contribution in [3.8, 4) is 11.4 Å². The van der Waals surface area contributed by atoms with E-state index in [1.165, 1.54) is 21.3 Å². The van der Waals surface area contributed by atoms with E-state index in [0.29, 0.717) is 11.0 Å². The average molecular weight is 384 g/mol. The Morgan fingerprint density at radius 1 is 0.963 bits per heavy atom. The van der Waals surface area contributed by atoms with Crippen molar-refractivity contribution >= 4 is 21.2 Å². The maximum Gasteiger partial charge on any atom is 0.339 e. The third kappa shape index (κ3) is 2.91. The summed E-state index contributed by atoms with van der Waals surface area (Å²) < 4.78 is 35.0. The second kappa shape index (κ2) is 6.13. The van der Waals surface area contributed by atoms with Gasteiger partial charge in [-0.2, -0.15) is 13.5 Å². The van der Waals surface area contributed by atoms with E-state index < -0.39 is 10.1 Å². The maximum absolute atomic E-state index is 12.6. The Labute approximate surface area is 155 Å². The highest BCUT2D eigenvalue weighted by molar-refractivity contribution is 7.87. The van der Waals surface area contributed by atoms with Crippen molar-refractivity contribution in [3.05, 3.63) is 71.4 Å². The molecule has 4 rings (SSSR count). The highest BCUT2D eigenvalue weighted by atomic mass is 32.2. The first-order chi connectivity index (χ1) is 12.9. The van der Waals surface area contributed by atoms with Gasteiger partial charge in [0.25, 0.3) is 0 Å². The van der Waals surface area contributed by atoms with E-state index in [2.05, 4.69) is 5.10 Å². The number of fused-ring (bicyclic) bond motifs is 1. The van der Waals surface area contributed by atoms with Gasteiger partial charge in [-0.05, 0) is 48.5 Å². The van der Waals surface area contributed by atoms with Crippen molar-refractivity contribution in [1.82, 2.24) is 18.9 Å². The van der Waals surface area contributed by atoms with Gasteiger partial charge in [-0.1, -0.05) is 0 Å². The van der Waals surface area contributed by atoms with E-state index in [9.17, 15) is 13.2 Å². The highest BCUT2D eigenvalue weighted by Gasteiger charge is 2.19. The molecule has 0 amide bonds. The molecular weight excluding hydrogens is 368 g/mol. The first-order valence-electron chi connectivity index (χ1n) is 8.07. The van der Waals surface area contributed by atoms with Gasteiger partial charge >= 0.3 is 15.8 Å². The molecule has 0 bridgehead atoms. The quantitative estimate of drug-likeness (QED) is 0.501. The van der Waals surface area contributed by atoms with Crippen LogP contribution in [0.2, 0.25) is 0 Å². The molecule has 2 aromatic heterocycles. The summed E-state index contributed by atoms with van der Waals surface area (Å²) >= 11 is 0. The number of hydrogen-bond donors (Lipinski definition) is 0. The smallest absolute Gasteiger partial charge is 0.339 e. The van der Waals surface area contributed by atoms with Crippen LogP contribution in [0.1, 0.15) is 0 Å². The maximum atomic E-state index is 12.6. The topological polar surface area (TPSA) is 88.1 Å². The molecule has 2 aromatic carbocycles. The van der Waals surface area contributed by atoms with Gasteiger partial charge in [-0.3, -0.25) is 9.13 Å². The Balaban J connectivity index is 1.66. The van der Waals surface area contributed by atoms with E-state index in [-0.39, 0.29) is 16.3 Å². The molecule has 138 valence electrons. The fourth-order valence-corrected chi connectivity index (χ4v) is 3.84. The average Bonchev–Trinajstić information content (AvgIpc) is 3.27. The molecule has 8 nitrogen and oxygen atoms in total. The number of nitrogens with zero attached hydrogens (tertiary/aromatic N) is 4. The molecule has 4 aromatic rings. The molecule has 0 N–H and O–H groups in total. The summed E-state index contributed by atoms with van der Waals surface area (Å²) in [6.07, 6.45) is 3.44. The number of aromatic nitrogens is 4. The van der Waals surface area contributed by atoms with Crippen molar-refractivity contribution in [3.63, 3.8) is 0 Å². The van der Waals surface area contributed by atoms with Crippen molar-refractivity contribution < 1.29 is 12.6 Å². The molecule has 0 saturated carbocycles. The fourth-order valence-electron chi connectivity index (χ4n) is 2.89. The van der Waals surface area contributed by atoms with Crippen LogP contribution in [0.3, 0.4) is 0 Å². The lowest BCUT2D eigenvalue weighted by Crippen LogP contribution is -2.19. The molecule has 2 heterocycles. The monoisotopic (exact) mass is 384 g/mol. The number of benzene rings is 2. The minimum absolute atomic E-state index is 0.0210. The van der Waals surface area contributed by atoms with Gasteiger partial charge in [0.1, 0.15) is 10.6 Å². The van der Waals surface area contributed by atoms with Crippen molar-refractivity contribution in [2.75, 3.05) is 0 Å². The molecule has 0 spiro atoms. The first-order valence-corrected chi connectivity index (χ1v) is 9.48. The zero-order valence-electron chi connectivity index (χ0n) is 14.6. The molecule has 0 unspecified atom stereocenters. The number of hydrogen-bond acceptors (Lipinski definition) is 5. The summed E-state index contributed by atoms with van der Waals surface area (Å²) in [5, 5.41) is 4.11. The van der Waals surface area contributed by atoms with E-state index in [1.807, 2.05) is 0 Å². The van der Waals surface area contributed by atoms with E-state index in [4.69, 9.17) is 4.18 Å². The second-order valence-corrected chi connectivity index (χ2v) is 7.58. The number of aryl methyl sites for hydroxylation is 2. The van der Waals surface area contributed by atoms with Crippen LogP contribution in [-0.4, -0.2) is 27.3 Å². The lowest BCUT2D eigenvalue weighted by molar-refractivity contribution is 0.486. The molecule has 0 atom stereocenters. The molecule has 9 heteroatoms. The lowest BCUT2D eigenvalue weighted by atomic mass is 10.3. The predicted octanol–water partition coefficient (Wildman–Crippen LogP) is 1.83. The summed E-state index contributed by atoms with van der Waals surface area (Å²) in [7, 11) is -0.810. The van der Waals surface area contributed by atoms with Gasteiger partial charge in [-0.15, -0.1) is 0 Å². The zero-order chi connectivity index (χ0) is 19.2. The molecule has 0 aliphatic carbocycles. The lowest BCUT2D eigenvalue weighted by Gasteiger charge is -2.08. The molecule has 0 fully saturated rings. The van der Waals surface area contributed by atoms with Crippen LogP contribution in [0.25, 0.3) is 16.7 Å². The summed E-state index contributed by atoms with van der Waals surface area (Å²) in [6.45, 7) is 0. The number of rotatable bonds is 4. The van der Waals surface area contributed by atoms with Crippen LogP contribution in [0.5, 0.6) is 5.75 Å². The minimum Gasteiger partial charge on any atom is -0.379 e. The molecule has 0 aliphatic rings. The van der Waals surface area contributed by atoms with Crippen LogP contribution >= 0.6 is 0 Å². The van der Waals surface area contributed by atoms with Crippen LogP contribution in [0.15, 0.2) is 70.6 Å². The van der Waals surface area contributed by atoms with Crippen molar-refractivity contribution in [2.45, 2.75) is 4.90 Å². The SMILES string of the molecule is Cn1c(=O)n(C)c2cc(S(=O)(=O)Oc3ccc(-n4cccn4)cc3)ccc21. The highest BCUT2D eigenvalue weighted by Crippen LogP contribution is 2.23. The summed E-state index contributed by atoms with van der Waals surface area (Å²) in [6, 6.07) is 12.8. The second-order valence-electron chi connectivity index (χ2n) is 6.03. The van der Waals surface area contributed by atoms with Crippen molar-refractivity contribution in [1.29, 1.82) is 0 Å². The van der Waals surface area contributed by atoms with Crippen LogP contribution < -0.4 is 9.87 Å². The molecular formula is C18H16N4O4S. The van der Waals surface area contributed by atoms with Gasteiger partial charge < -0.3 is 4.18 Å². The Hall–Kier alpha value is -3.33. The Morgan fingerprint density at radius 3 is 2.33 bits per heavy atom. The van der Waals surface area contributed by atoms with Crippen molar-refractivity contribution in [2.24, 2.45) is 14.1 Å². The summed E-state index contributed by atoms with van der Waals surface area (Å²) in [5.74, 6) is 0.188.